The predicted molar refractivity (Wildman–Crippen MR) is 94.2 cm³/mol. The summed E-state index contributed by atoms with van der Waals surface area (Å²) in [6.45, 7) is 4.26. The molecule has 0 spiro atoms. The van der Waals surface area contributed by atoms with Gasteiger partial charge in [0, 0.05) is 6.54 Å². The first kappa shape index (κ1) is 18.0. The Hall–Kier alpha value is -2.34. The fraction of sp³-hybridized carbons (Fsp3) is 0.278. The van der Waals surface area contributed by atoms with Crippen LogP contribution in [0.5, 0.6) is 0 Å². The third kappa shape index (κ3) is 5.38. The lowest BCUT2D eigenvalue weighted by molar-refractivity contribution is 0.244. The summed E-state index contributed by atoms with van der Waals surface area (Å²) in [6.07, 6.45) is 0.811. The lowest BCUT2D eigenvalue weighted by Crippen LogP contribution is -2.41. The zero-order valence-electron chi connectivity index (χ0n) is 13.8. The van der Waals surface area contributed by atoms with Crippen LogP contribution in [0.4, 0.5) is 4.79 Å². The van der Waals surface area contributed by atoms with Gasteiger partial charge < -0.3 is 5.32 Å². The molecule has 2 amide bonds. The van der Waals surface area contributed by atoms with E-state index in [9.17, 15) is 13.2 Å². The molecule has 5 nitrogen and oxygen atoms in total. The Bertz CT molecular complexity index is 772. The van der Waals surface area contributed by atoms with Gasteiger partial charge >= 0.3 is 6.03 Å². The van der Waals surface area contributed by atoms with Crippen molar-refractivity contribution in [3.05, 3.63) is 65.7 Å². The van der Waals surface area contributed by atoms with Crippen molar-refractivity contribution in [2.75, 3.05) is 6.54 Å². The minimum atomic E-state index is -3.85. The number of sulfonamides is 1. The fourth-order valence-electron chi connectivity index (χ4n) is 2.29. The van der Waals surface area contributed by atoms with Gasteiger partial charge in [-0.2, -0.15) is 0 Å². The van der Waals surface area contributed by atoms with Crippen LogP contribution in [0.15, 0.2) is 59.5 Å². The molecule has 2 aromatic carbocycles. The molecule has 0 saturated carbocycles. The minimum absolute atomic E-state index is 0.0700. The van der Waals surface area contributed by atoms with Gasteiger partial charge in [-0.05, 0) is 37.0 Å². The highest BCUT2D eigenvalue weighted by Gasteiger charge is 2.17. The Morgan fingerprint density at radius 2 is 1.67 bits per heavy atom. The Balaban J connectivity index is 1.85. The van der Waals surface area contributed by atoms with E-state index >= 15 is 0 Å². The van der Waals surface area contributed by atoms with Crippen molar-refractivity contribution >= 4 is 16.1 Å². The van der Waals surface area contributed by atoms with Crippen LogP contribution in [0.2, 0.25) is 0 Å². The van der Waals surface area contributed by atoms with Gasteiger partial charge in [-0.1, -0.05) is 55.0 Å². The topological polar surface area (TPSA) is 75.3 Å². The summed E-state index contributed by atoms with van der Waals surface area (Å²) >= 11 is 0. The average molecular weight is 346 g/mol. The molecule has 0 heterocycles. The molecule has 2 N–H and O–H groups in total. The lowest BCUT2D eigenvalue weighted by atomic mass is 10.0. The van der Waals surface area contributed by atoms with Crippen molar-refractivity contribution < 1.29 is 13.2 Å². The van der Waals surface area contributed by atoms with Crippen LogP contribution in [0.25, 0.3) is 0 Å². The normalized spacial score (nSPS) is 12.4. The van der Waals surface area contributed by atoms with Crippen molar-refractivity contribution in [1.29, 1.82) is 0 Å². The number of hydrogen-bond donors (Lipinski definition) is 2. The van der Waals surface area contributed by atoms with E-state index in [1.165, 1.54) is 17.7 Å². The third-order valence-electron chi connectivity index (χ3n) is 3.60. The van der Waals surface area contributed by atoms with E-state index < -0.39 is 16.1 Å². The molecule has 24 heavy (non-hydrogen) atoms. The largest absolute Gasteiger partial charge is 0.337 e. The number of amides is 2. The van der Waals surface area contributed by atoms with Crippen LogP contribution in [0.3, 0.4) is 0 Å². The van der Waals surface area contributed by atoms with Crippen molar-refractivity contribution in [3.8, 4) is 0 Å². The van der Waals surface area contributed by atoms with E-state index in [-0.39, 0.29) is 10.8 Å². The molecule has 0 aliphatic carbocycles. The van der Waals surface area contributed by atoms with Gasteiger partial charge in [0.25, 0.3) is 10.0 Å². The number of rotatable bonds is 6. The molecule has 0 aliphatic heterocycles. The van der Waals surface area contributed by atoms with Gasteiger partial charge in [0.15, 0.2) is 0 Å². The molecule has 6 heteroatoms. The van der Waals surface area contributed by atoms with Crippen LogP contribution < -0.4 is 10.0 Å². The van der Waals surface area contributed by atoms with E-state index in [2.05, 4.69) is 5.32 Å². The summed E-state index contributed by atoms with van der Waals surface area (Å²) in [4.78, 5) is 11.9. The van der Waals surface area contributed by atoms with E-state index in [0.717, 1.165) is 12.0 Å². The zero-order valence-corrected chi connectivity index (χ0v) is 14.6. The second-order valence-corrected chi connectivity index (χ2v) is 7.61. The van der Waals surface area contributed by atoms with E-state index in [4.69, 9.17) is 0 Å². The van der Waals surface area contributed by atoms with E-state index in [0.29, 0.717) is 6.54 Å². The van der Waals surface area contributed by atoms with Crippen LogP contribution in [-0.4, -0.2) is 21.0 Å². The number of nitrogens with one attached hydrogen (secondary N) is 2. The highest BCUT2D eigenvalue weighted by Crippen LogP contribution is 2.10. The highest BCUT2D eigenvalue weighted by atomic mass is 32.2. The number of urea groups is 1. The maximum atomic E-state index is 12.1. The summed E-state index contributed by atoms with van der Waals surface area (Å²) in [5.41, 5.74) is 2.13. The van der Waals surface area contributed by atoms with Crippen molar-refractivity contribution in [2.24, 2.45) is 5.92 Å². The Kier molecular flexibility index (Phi) is 5.98. The monoisotopic (exact) mass is 346 g/mol. The van der Waals surface area contributed by atoms with E-state index in [1.807, 2.05) is 48.9 Å². The molecule has 1 unspecified atom stereocenters. The quantitative estimate of drug-likeness (QED) is 0.844. The predicted octanol–water partition coefficient (Wildman–Crippen LogP) is 2.86. The molecule has 0 saturated heterocycles. The molecule has 128 valence electrons. The zero-order chi connectivity index (χ0) is 17.6. The summed E-state index contributed by atoms with van der Waals surface area (Å²) in [5, 5.41) is 2.61. The number of carbonyl (C=O) groups is 1. The highest BCUT2D eigenvalue weighted by molar-refractivity contribution is 7.90. The van der Waals surface area contributed by atoms with Gasteiger partial charge in [0.05, 0.1) is 4.90 Å². The maximum absolute atomic E-state index is 12.1. The Morgan fingerprint density at radius 1 is 1.04 bits per heavy atom. The maximum Gasteiger partial charge on any atom is 0.328 e. The van der Waals surface area contributed by atoms with Crippen molar-refractivity contribution in [3.63, 3.8) is 0 Å². The molecule has 0 aliphatic rings. The SMILES string of the molecule is Cc1ccc(S(=O)(=O)NC(=O)NCC(C)Cc2ccccc2)cc1. The first-order valence-electron chi connectivity index (χ1n) is 7.78. The summed E-state index contributed by atoms with van der Waals surface area (Å²) in [6, 6.07) is 15.6. The first-order chi connectivity index (χ1) is 11.4. The molecule has 0 radical (unpaired) electrons. The number of hydrogen-bond acceptors (Lipinski definition) is 3. The Morgan fingerprint density at radius 3 is 2.29 bits per heavy atom. The second kappa shape index (κ2) is 7.97. The molecule has 2 aromatic rings. The molecule has 2 rings (SSSR count). The lowest BCUT2D eigenvalue weighted by Gasteiger charge is -2.13. The molecule has 1 atom stereocenters. The molecule has 0 bridgehead atoms. The van der Waals surface area contributed by atoms with Crippen LogP contribution in [-0.2, 0) is 16.4 Å². The molecular weight excluding hydrogens is 324 g/mol. The van der Waals surface area contributed by atoms with Crippen LogP contribution >= 0.6 is 0 Å². The fourth-order valence-corrected chi connectivity index (χ4v) is 3.22. The van der Waals surface area contributed by atoms with E-state index in [1.54, 1.807) is 12.1 Å². The van der Waals surface area contributed by atoms with Crippen molar-refractivity contribution in [2.45, 2.75) is 25.2 Å². The Labute approximate surface area is 143 Å². The van der Waals surface area contributed by atoms with Crippen molar-refractivity contribution in [1.82, 2.24) is 10.0 Å². The third-order valence-corrected chi connectivity index (χ3v) is 4.94. The smallest absolute Gasteiger partial charge is 0.328 e. The van der Waals surface area contributed by atoms with Crippen LogP contribution in [0, 0.1) is 12.8 Å². The van der Waals surface area contributed by atoms with Gasteiger partial charge in [-0.15, -0.1) is 0 Å². The summed E-state index contributed by atoms with van der Waals surface area (Å²) in [5.74, 6) is 0.195. The summed E-state index contributed by atoms with van der Waals surface area (Å²) < 4.78 is 26.3. The van der Waals surface area contributed by atoms with Crippen LogP contribution in [0.1, 0.15) is 18.1 Å². The van der Waals surface area contributed by atoms with Gasteiger partial charge in [-0.3, -0.25) is 0 Å². The summed E-state index contributed by atoms with van der Waals surface area (Å²) in [7, 11) is -3.85. The first-order valence-corrected chi connectivity index (χ1v) is 9.26. The minimum Gasteiger partial charge on any atom is -0.337 e. The average Bonchev–Trinajstić information content (AvgIpc) is 2.54. The van der Waals surface area contributed by atoms with Gasteiger partial charge in [-0.25, -0.2) is 17.9 Å². The standard InChI is InChI=1S/C18H22N2O3S/c1-14-8-10-17(11-9-14)24(22,23)20-18(21)19-13-15(2)12-16-6-4-3-5-7-16/h3-11,15H,12-13H2,1-2H3,(H2,19,20,21). The number of benzene rings is 2. The number of aryl methyl sites for hydroxylation is 1. The number of carbonyl (C=O) groups excluding carboxylic acids is 1. The molecular formula is C18H22N2O3S. The van der Waals surface area contributed by atoms with Gasteiger partial charge in [0.1, 0.15) is 0 Å². The molecule has 0 fully saturated rings. The second-order valence-electron chi connectivity index (χ2n) is 5.92. The molecule has 0 aromatic heterocycles. The van der Waals surface area contributed by atoms with Gasteiger partial charge in [0.2, 0.25) is 0 Å².